The molecule has 104 valence electrons. The van der Waals surface area contributed by atoms with E-state index in [2.05, 4.69) is 0 Å². The van der Waals surface area contributed by atoms with Gasteiger partial charge in [-0.3, -0.25) is 4.79 Å². The first-order valence-electron chi connectivity index (χ1n) is 5.70. The Hall–Kier alpha value is -2.21. The minimum absolute atomic E-state index is 0.201. The molecular formula is C14H11FO4S. The van der Waals surface area contributed by atoms with Crippen molar-refractivity contribution < 1.29 is 21.8 Å². The summed E-state index contributed by atoms with van der Waals surface area (Å²) in [5.74, 6) is -1.44. The maximum absolute atomic E-state index is 13.4. The van der Waals surface area contributed by atoms with Gasteiger partial charge in [-0.05, 0) is 31.2 Å². The molecule has 0 aliphatic carbocycles. The molecule has 4 nitrogen and oxygen atoms in total. The minimum Gasteiger partial charge on any atom is -0.376 e. The van der Waals surface area contributed by atoms with Gasteiger partial charge in [0.15, 0.2) is 17.3 Å². The lowest BCUT2D eigenvalue weighted by atomic mass is 10.2. The van der Waals surface area contributed by atoms with Crippen LogP contribution in [0.15, 0.2) is 53.4 Å². The van der Waals surface area contributed by atoms with E-state index in [4.69, 9.17) is 4.18 Å². The number of ketones is 1. The Bertz CT molecular complexity index is 753. The van der Waals surface area contributed by atoms with Crippen molar-refractivity contribution in [2.75, 3.05) is 0 Å². The Morgan fingerprint density at radius 2 is 1.80 bits per heavy atom. The summed E-state index contributed by atoms with van der Waals surface area (Å²) in [6.45, 7) is 1.32. The normalized spacial score (nSPS) is 11.1. The molecular weight excluding hydrogens is 283 g/mol. The third-order valence-electron chi connectivity index (χ3n) is 2.57. The predicted octanol–water partition coefficient (Wildman–Crippen LogP) is 2.80. The van der Waals surface area contributed by atoms with E-state index in [1.54, 1.807) is 0 Å². The SMILES string of the molecule is CC(=O)c1cccc(S(=O)(=O)Oc2ccccc2F)c1. The van der Waals surface area contributed by atoms with E-state index in [0.29, 0.717) is 0 Å². The van der Waals surface area contributed by atoms with E-state index in [1.807, 2.05) is 0 Å². The number of carbonyl (C=O) groups is 1. The molecule has 0 atom stereocenters. The van der Waals surface area contributed by atoms with Crippen molar-refractivity contribution in [1.29, 1.82) is 0 Å². The number of rotatable bonds is 4. The number of Topliss-reactive ketones (excluding diaryl/α,β-unsaturated/α-hetero) is 1. The molecule has 0 saturated heterocycles. The van der Waals surface area contributed by atoms with Gasteiger partial charge in [0.05, 0.1) is 0 Å². The average Bonchev–Trinajstić information content (AvgIpc) is 2.41. The lowest BCUT2D eigenvalue weighted by molar-refractivity contribution is 0.101. The van der Waals surface area contributed by atoms with Gasteiger partial charge < -0.3 is 4.18 Å². The molecule has 0 fully saturated rings. The molecule has 0 aliphatic rings. The Labute approximate surface area is 115 Å². The molecule has 0 unspecified atom stereocenters. The first-order chi connectivity index (χ1) is 9.40. The van der Waals surface area contributed by atoms with Crippen molar-refractivity contribution in [3.05, 3.63) is 59.9 Å². The molecule has 0 aliphatic heterocycles. The maximum Gasteiger partial charge on any atom is 0.339 e. The lowest BCUT2D eigenvalue weighted by Gasteiger charge is -2.08. The molecule has 2 aromatic rings. The molecule has 0 amide bonds. The number of benzene rings is 2. The summed E-state index contributed by atoms with van der Waals surface area (Å²) in [6.07, 6.45) is 0. The van der Waals surface area contributed by atoms with Gasteiger partial charge in [0.2, 0.25) is 0 Å². The fourth-order valence-corrected chi connectivity index (χ4v) is 2.53. The van der Waals surface area contributed by atoms with Crippen LogP contribution in [0.3, 0.4) is 0 Å². The van der Waals surface area contributed by atoms with Gasteiger partial charge in [0.25, 0.3) is 0 Å². The fourth-order valence-electron chi connectivity index (χ4n) is 1.55. The molecule has 0 N–H and O–H groups in total. The van der Waals surface area contributed by atoms with E-state index in [1.165, 1.54) is 49.4 Å². The predicted molar refractivity (Wildman–Crippen MR) is 70.7 cm³/mol. The summed E-state index contributed by atoms with van der Waals surface area (Å²) in [5, 5.41) is 0. The van der Waals surface area contributed by atoms with Gasteiger partial charge in [-0.15, -0.1) is 0 Å². The van der Waals surface area contributed by atoms with E-state index < -0.39 is 15.9 Å². The largest absolute Gasteiger partial charge is 0.376 e. The van der Waals surface area contributed by atoms with Gasteiger partial charge in [-0.25, -0.2) is 4.39 Å². The van der Waals surface area contributed by atoms with Crippen molar-refractivity contribution in [2.24, 2.45) is 0 Å². The number of para-hydroxylation sites is 1. The van der Waals surface area contributed by atoms with Crippen molar-refractivity contribution >= 4 is 15.9 Å². The van der Waals surface area contributed by atoms with Gasteiger partial charge >= 0.3 is 10.1 Å². The highest BCUT2D eigenvalue weighted by Crippen LogP contribution is 2.22. The van der Waals surface area contributed by atoms with Crippen LogP contribution in [-0.2, 0) is 10.1 Å². The van der Waals surface area contributed by atoms with Crippen LogP contribution in [0.1, 0.15) is 17.3 Å². The summed E-state index contributed by atoms with van der Waals surface area (Å²) in [5.41, 5.74) is 0.239. The van der Waals surface area contributed by atoms with E-state index >= 15 is 0 Å². The molecule has 0 heterocycles. The number of hydrogen-bond donors (Lipinski definition) is 0. The monoisotopic (exact) mass is 294 g/mol. The van der Waals surface area contributed by atoms with Crippen LogP contribution in [0.2, 0.25) is 0 Å². The van der Waals surface area contributed by atoms with Crippen LogP contribution in [-0.4, -0.2) is 14.2 Å². The first kappa shape index (κ1) is 14.2. The minimum atomic E-state index is -4.18. The molecule has 0 radical (unpaired) electrons. The quantitative estimate of drug-likeness (QED) is 0.642. The molecule has 0 aromatic heterocycles. The van der Waals surface area contributed by atoms with Gasteiger partial charge in [0.1, 0.15) is 4.90 Å². The standard InChI is InChI=1S/C14H11FO4S/c1-10(16)11-5-4-6-12(9-11)20(17,18)19-14-8-3-2-7-13(14)15/h2-9H,1H3. The summed E-state index contributed by atoms with van der Waals surface area (Å²) in [6, 6.07) is 10.6. The smallest absolute Gasteiger partial charge is 0.339 e. The summed E-state index contributed by atoms with van der Waals surface area (Å²) >= 11 is 0. The Morgan fingerprint density at radius 3 is 2.45 bits per heavy atom. The summed E-state index contributed by atoms with van der Waals surface area (Å²) in [4.78, 5) is 11.0. The molecule has 2 rings (SSSR count). The Kier molecular flexibility index (Phi) is 3.85. The van der Waals surface area contributed by atoms with Gasteiger partial charge in [-0.2, -0.15) is 8.42 Å². The van der Waals surface area contributed by atoms with Crippen LogP contribution in [0.5, 0.6) is 5.75 Å². The second kappa shape index (κ2) is 5.42. The van der Waals surface area contributed by atoms with Crippen molar-refractivity contribution in [1.82, 2.24) is 0 Å². The number of carbonyl (C=O) groups excluding carboxylic acids is 1. The molecule has 0 spiro atoms. The summed E-state index contributed by atoms with van der Waals surface area (Å²) < 4.78 is 42.2. The topological polar surface area (TPSA) is 60.4 Å². The highest BCUT2D eigenvalue weighted by Gasteiger charge is 2.19. The van der Waals surface area contributed by atoms with Gasteiger partial charge in [-0.1, -0.05) is 24.3 Å². The van der Waals surface area contributed by atoms with Crippen LogP contribution >= 0.6 is 0 Å². The van der Waals surface area contributed by atoms with Crippen LogP contribution in [0.25, 0.3) is 0 Å². The zero-order valence-corrected chi connectivity index (χ0v) is 11.4. The van der Waals surface area contributed by atoms with Crippen molar-refractivity contribution in [2.45, 2.75) is 11.8 Å². The lowest BCUT2D eigenvalue weighted by Crippen LogP contribution is -2.11. The van der Waals surface area contributed by atoms with E-state index in [0.717, 1.165) is 6.07 Å². The third kappa shape index (κ3) is 3.03. The fraction of sp³-hybridized carbons (Fsp3) is 0.0714. The highest BCUT2D eigenvalue weighted by atomic mass is 32.2. The Morgan fingerprint density at radius 1 is 1.10 bits per heavy atom. The third-order valence-corrected chi connectivity index (χ3v) is 3.80. The average molecular weight is 294 g/mol. The zero-order valence-electron chi connectivity index (χ0n) is 10.5. The number of halogens is 1. The van der Waals surface area contributed by atoms with Crippen LogP contribution < -0.4 is 4.18 Å². The van der Waals surface area contributed by atoms with Crippen LogP contribution in [0, 0.1) is 5.82 Å². The van der Waals surface area contributed by atoms with Crippen molar-refractivity contribution in [3.63, 3.8) is 0 Å². The summed E-state index contributed by atoms with van der Waals surface area (Å²) in [7, 11) is -4.18. The highest BCUT2D eigenvalue weighted by molar-refractivity contribution is 7.87. The molecule has 0 bridgehead atoms. The molecule has 0 saturated carbocycles. The van der Waals surface area contributed by atoms with Gasteiger partial charge in [0, 0.05) is 5.56 Å². The van der Waals surface area contributed by atoms with Crippen molar-refractivity contribution in [3.8, 4) is 5.75 Å². The second-order valence-electron chi connectivity index (χ2n) is 4.05. The molecule has 20 heavy (non-hydrogen) atoms. The van der Waals surface area contributed by atoms with Crippen LogP contribution in [0.4, 0.5) is 4.39 Å². The Balaban J connectivity index is 2.38. The first-order valence-corrected chi connectivity index (χ1v) is 7.11. The number of hydrogen-bond acceptors (Lipinski definition) is 4. The molecule has 2 aromatic carbocycles. The second-order valence-corrected chi connectivity index (χ2v) is 5.60. The van der Waals surface area contributed by atoms with E-state index in [9.17, 15) is 17.6 Å². The zero-order chi connectivity index (χ0) is 14.8. The molecule has 6 heteroatoms. The maximum atomic E-state index is 13.4. The van der Waals surface area contributed by atoms with E-state index in [-0.39, 0.29) is 22.0 Å².